The number of rotatable bonds is 6. The molecule has 2 rings (SSSR count). The summed E-state index contributed by atoms with van der Waals surface area (Å²) < 4.78 is 10.8. The van der Waals surface area contributed by atoms with Crippen LogP contribution >= 0.6 is 0 Å². The van der Waals surface area contributed by atoms with E-state index in [1.807, 2.05) is 0 Å². The molecule has 0 fully saturated rings. The molecule has 0 aliphatic heterocycles. The van der Waals surface area contributed by atoms with E-state index in [0.29, 0.717) is 0 Å². The van der Waals surface area contributed by atoms with Gasteiger partial charge in [-0.2, -0.15) is 0 Å². The second kappa shape index (κ2) is 6.52. The summed E-state index contributed by atoms with van der Waals surface area (Å²) in [5.74, 6) is 1.60. The van der Waals surface area contributed by atoms with Crippen LogP contribution in [0.5, 0.6) is 11.5 Å². The Morgan fingerprint density at radius 1 is 0.762 bits per heavy atom. The minimum Gasteiger partial charge on any atom is -0.493 e. The molecule has 0 radical (unpaired) electrons. The summed E-state index contributed by atoms with van der Waals surface area (Å²) in [6, 6.07) is 15.0. The summed E-state index contributed by atoms with van der Waals surface area (Å²) in [5.41, 5.74) is 0. The quantitative estimate of drug-likeness (QED) is 0.728. The number of fused-ring (bicyclic) bond motifs is 1. The monoisotopic (exact) mass is 302 g/mol. The van der Waals surface area contributed by atoms with Crippen molar-refractivity contribution >= 4 is 24.0 Å². The van der Waals surface area contributed by atoms with Gasteiger partial charge in [-0.25, -0.2) is 0 Å². The van der Waals surface area contributed by atoms with Gasteiger partial charge in [0.25, 0.3) is 0 Å². The second-order valence-corrected chi connectivity index (χ2v) is 10.9. The van der Waals surface area contributed by atoms with E-state index in [2.05, 4.69) is 51.1 Å². The van der Waals surface area contributed by atoms with Crippen molar-refractivity contribution in [3.05, 3.63) is 30.3 Å². The Labute approximate surface area is 129 Å². The predicted molar refractivity (Wildman–Crippen MR) is 93.9 cm³/mol. The molecule has 114 valence electrons. The molecule has 21 heavy (non-hydrogen) atoms. The lowest BCUT2D eigenvalue weighted by Gasteiger charge is -2.29. The molecule has 2 aromatic rings. The van der Waals surface area contributed by atoms with Gasteiger partial charge in [0.15, 0.2) is 11.5 Å². The molecule has 2 nitrogen and oxygen atoms in total. The van der Waals surface area contributed by atoms with E-state index in [1.54, 1.807) is 19.4 Å². The zero-order valence-corrected chi connectivity index (χ0v) is 14.8. The SMILES string of the molecule is CC[Si](CC)(CC)c1ccc2cc(OC)c(OC)cc2c1. The minimum atomic E-state index is -1.33. The topological polar surface area (TPSA) is 18.5 Å². The third-order valence-electron chi connectivity index (χ3n) is 4.99. The summed E-state index contributed by atoms with van der Waals surface area (Å²) >= 11 is 0. The normalized spacial score (nSPS) is 11.7. The van der Waals surface area contributed by atoms with E-state index in [-0.39, 0.29) is 0 Å². The Morgan fingerprint density at radius 2 is 1.29 bits per heavy atom. The van der Waals surface area contributed by atoms with Crippen molar-refractivity contribution in [2.75, 3.05) is 14.2 Å². The summed E-state index contributed by atoms with van der Waals surface area (Å²) in [5, 5.41) is 4.02. The van der Waals surface area contributed by atoms with Crippen molar-refractivity contribution in [1.82, 2.24) is 0 Å². The highest BCUT2D eigenvalue weighted by Gasteiger charge is 2.29. The number of ether oxygens (including phenoxy) is 2. The minimum absolute atomic E-state index is 0.794. The van der Waals surface area contributed by atoms with Gasteiger partial charge in [0.1, 0.15) is 0 Å². The van der Waals surface area contributed by atoms with E-state index >= 15 is 0 Å². The first-order chi connectivity index (χ1) is 10.1. The molecule has 0 atom stereocenters. The predicted octanol–water partition coefficient (Wildman–Crippen LogP) is 4.57. The third-order valence-corrected chi connectivity index (χ3v) is 10.6. The van der Waals surface area contributed by atoms with Crippen molar-refractivity contribution in [1.29, 1.82) is 0 Å². The van der Waals surface area contributed by atoms with Crippen molar-refractivity contribution < 1.29 is 9.47 Å². The lowest BCUT2D eigenvalue weighted by Crippen LogP contribution is -2.45. The largest absolute Gasteiger partial charge is 0.493 e. The average Bonchev–Trinajstić information content (AvgIpc) is 2.55. The van der Waals surface area contributed by atoms with Gasteiger partial charge in [-0.1, -0.05) is 62.3 Å². The van der Waals surface area contributed by atoms with E-state index in [9.17, 15) is 0 Å². The molecule has 0 bridgehead atoms. The Hall–Kier alpha value is -1.48. The molecule has 3 heteroatoms. The van der Waals surface area contributed by atoms with Crippen LogP contribution in [0.15, 0.2) is 30.3 Å². The van der Waals surface area contributed by atoms with Crippen molar-refractivity contribution in [2.24, 2.45) is 0 Å². The second-order valence-electron chi connectivity index (χ2n) is 5.61. The molecule has 0 saturated heterocycles. The van der Waals surface area contributed by atoms with Crippen LogP contribution in [0.4, 0.5) is 0 Å². The lowest BCUT2D eigenvalue weighted by atomic mass is 10.1. The van der Waals surface area contributed by atoms with Crippen molar-refractivity contribution in [2.45, 2.75) is 38.9 Å². The summed E-state index contributed by atoms with van der Waals surface area (Å²) in [6.07, 6.45) is 0. The Morgan fingerprint density at radius 3 is 1.76 bits per heavy atom. The molecule has 0 unspecified atom stereocenters. The molecule has 2 aromatic carbocycles. The zero-order chi connectivity index (χ0) is 15.5. The Balaban J connectivity index is 2.60. The fourth-order valence-electron chi connectivity index (χ4n) is 3.27. The smallest absolute Gasteiger partial charge is 0.161 e. The van der Waals surface area contributed by atoms with Crippen LogP contribution in [0, 0.1) is 0 Å². The van der Waals surface area contributed by atoms with Gasteiger partial charge in [-0.15, -0.1) is 0 Å². The Bertz CT molecular complexity index is 610. The first kappa shape index (κ1) is 15.9. The van der Waals surface area contributed by atoms with Gasteiger partial charge in [0.2, 0.25) is 0 Å². The van der Waals surface area contributed by atoms with Crippen LogP contribution in [0.2, 0.25) is 18.1 Å². The highest BCUT2D eigenvalue weighted by molar-refractivity contribution is 6.91. The first-order valence-corrected chi connectivity index (χ1v) is 10.4. The fraction of sp³-hybridized carbons (Fsp3) is 0.444. The van der Waals surface area contributed by atoms with Gasteiger partial charge in [-0.3, -0.25) is 0 Å². The highest BCUT2D eigenvalue weighted by Crippen LogP contribution is 2.32. The maximum atomic E-state index is 5.44. The molecule has 0 aliphatic rings. The molecular weight excluding hydrogens is 276 g/mol. The van der Waals surface area contributed by atoms with Crippen LogP contribution in [0.3, 0.4) is 0 Å². The van der Waals surface area contributed by atoms with E-state index in [0.717, 1.165) is 11.5 Å². The van der Waals surface area contributed by atoms with Crippen LogP contribution < -0.4 is 14.7 Å². The molecule has 0 saturated carbocycles. The molecule has 0 spiro atoms. The molecule has 0 amide bonds. The van der Waals surface area contributed by atoms with E-state index in [4.69, 9.17) is 9.47 Å². The van der Waals surface area contributed by atoms with Gasteiger partial charge >= 0.3 is 0 Å². The summed E-state index contributed by atoms with van der Waals surface area (Å²) in [6.45, 7) is 7.04. The van der Waals surface area contributed by atoms with Gasteiger partial charge < -0.3 is 9.47 Å². The lowest BCUT2D eigenvalue weighted by molar-refractivity contribution is 0.356. The number of hydrogen-bond acceptors (Lipinski definition) is 2. The highest BCUT2D eigenvalue weighted by atomic mass is 28.3. The van der Waals surface area contributed by atoms with Crippen LogP contribution in [-0.4, -0.2) is 22.3 Å². The summed E-state index contributed by atoms with van der Waals surface area (Å²) in [4.78, 5) is 0. The van der Waals surface area contributed by atoms with Crippen LogP contribution in [-0.2, 0) is 0 Å². The molecule has 0 heterocycles. The Kier molecular flexibility index (Phi) is 4.94. The molecule has 0 aromatic heterocycles. The van der Waals surface area contributed by atoms with E-state index < -0.39 is 8.07 Å². The zero-order valence-electron chi connectivity index (χ0n) is 13.8. The number of benzene rings is 2. The first-order valence-electron chi connectivity index (χ1n) is 7.80. The van der Waals surface area contributed by atoms with Crippen molar-refractivity contribution in [3.8, 4) is 11.5 Å². The van der Waals surface area contributed by atoms with Crippen molar-refractivity contribution in [3.63, 3.8) is 0 Å². The average molecular weight is 302 g/mol. The maximum absolute atomic E-state index is 5.44. The van der Waals surface area contributed by atoms with Gasteiger partial charge in [0, 0.05) is 0 Å². The molecule has 0 aliphatic carbocycles. The fourth-order valence-corrected chi connectivity index (χ4v) is 6.89. The van der Waals surface area contributed by atoms with Gasteiger partial charge in [0.05, 0.1) is 22.3 Å². The van der Waals surface area contributed by atoms with Crippen LogP contribution in [0.1, 0.15) is 20.8 Å². The maximum Gasteiger partial charge on any atom is 0.161 e. The molecular formula is C18H26O2Si. The summed E-state index contributed by atoms with van der Waals surface area (Å²) in [7, 11) is 2.04. The van der Waals surface area contributed by atoms with Gasteiger partial charge in [-0.05, 0) is 22.9 Å². The number of methoxy groups -OCH3 is 2. The third kappa shape index (κ3) is 2.79. The molecule has 0 N–H and O–H groups in total. The van der Waals surface area contributed by atoms with E-state index in [1.165, 1.54) is 28.9 Å². The number of hydrogen-bond donors (Lipinski definition) is 0. The van der Waals surface area contributed by atoms with Crippen LogP contribution in [0.25, 0.3) is 10.8 Å². The standard InChI is InChI=1S/C18H26O2Si/c1-6-21(7-2,8-3)16-10-9-14-12-17(19-4)18(20-5)13-15(14)11-16/h9-13H,6-8H2,1-5H3.